The fourth-order valence-electron chi connectivity index (χ4n) is 3.46. The van der Waals surface area contributed by atoms with Crippen LogP contribution in [-0.4, -0.2) is 25.2 Å². The van der Waals surface area contributed by atoms with Crippen LogP contribution in [0.2, 0.25) is 0 Å². The Hall–Kier alpha value is -1.32. The molecule has 0 atom stereocenters. The molecule has 0 N–H and O–H groups in total. The highest BCUT2D eigenvalue weighted by atomic mass is 16.5. The molecule has 0 saturated heterocycles. The van der Waals surface area contributed by atoms with Crippen molar-refractivity contribution in [1.29, 1.82) is 0 Å². The molecule has 4 heteroatoms. The molecule has 0 heterocycles. The maximum Gasteiger partial charge on any atom is 0.305 e. The van der Waals surface area contributed by atoms with Crippen LogP contribution >= 0.6 is 0 Å². The van der Waals surface area contributed by atoms with Crippen molar-refractivity contribution in [2.24, 2.45) is 10.8 Å². The first-order valence-electron chi connectivity index (χ1n) is 14.0. The average Bonchev–Trinajstić information content (AvgIpc) is 2.74. The van der Waals surface area contributed by atoms with Crippen molar-refractivity contribution in [3.63, 3.8) is 0 Å². The van der Waals surface area contributed by atoms with Gasteiger partial charge in [-0.25, -0.2) is 0 Å². The third-order valence-electron chi connectivity index (χ3n) is 5.50. The third-order valence-corrected chi connectivity index (χ3v) is 5.50. The monoisotopic (exact) mass is 480 g/mol. The first-order valence-corrected chi connectivity index (χ1v) is 14.0. The molecule has 200 valence electrons. The average molecular weight is 481 g/mol. The Labute approximate surface area is 211 Å². The van der Waals surface area contributed by atoms with Crippen molar-refractivity contribution >= 4 is 11.9 Å². The van der Waals surface area contributed by atoms with Crippen molar-refractivity contribution in [1.82, 2.24) is 0 Å². The molecule has 0 aromatic carbocycles. The Morgan fingerprint density at radius 1 is 0.500 bits per heavy atom. The summed E-state index contributed by atoms with van der Waals surface area (Å²) in [6.07, 6.45) is 22.5. The van der Waals surface area contributed by atoms with Crippen molar-refractivity contribution in [3.05, 3.63) is 12.2 Å². The van der Waals surface area contributed by atoms with E-state index in [-0.39, 0.29) is 22.8 Å². The molecule has 0 aliphatic rings. The number of unbranched alkanes of at least 4 members (excludes halogenated alkanes) is 12. The predicted molar refractivity (Wildman–Crippen MR) is 144 cm³/mol. The molecule has 0 bridgehead atoms. The van der Waals surface area contributed by atoms with E-state index in [1.807, 2.05) is 0 Å². The molecule has 0 aliphatic heterocycles. The second-order valence-electron chi connectivity index (χ2n) is 12.2. The van der Waals surface area contributed by atoms with Gasteiger partial charge >= 0.3 is 11.9 Å². The minimum atomic E-state index is -0.0722. The van der Waals surface area contributed by atoms with Gasteiger partial charge in [0.2, 0.25) is 0 Å². The first kappa shape index (κ1) is 32.7. The minimum Gasteiger partial charge on any atom is -0.465 e. The molecule has 0 unspecified atom stereocenters. The zero-order valence-corrected chi connectivity index (χ0v) is 23.5. The summed E-state index contributed by atoms with van der Waals surface area (Å²) < 4.78 is 10.6. The van der Waals surface area contributed by atoms with Gasteiger partial charge < -0.3 is 9.47 Å². The molecule has 0 radical (unpaired) electrons. The number of hydrogen-bond donors (Lipinski definition) is 0. The van der Waals surface area contributed by atoms with Gasteiger partial charge in [-0.15, -0.1) is 0 Å². The predicted octanol–water partition coefficient (Wildman–Crippen LogP) is 8.96. The topological polar surface area (TPSA) is 52.6 Å². The quantitative estimate of drug-likeness (QED) is 0.0991. The molecule has 0 aromatic heterocycles. The summed E-state index contributed by atoms with van der Waals surface area (Å²) in [4.78, 5) is 23.3. The Morgan fingerprint density at radius 2 is 0.824 bits per heavy atom. The SMILES string of the molecule is CC(C)(C)COC(=O)CCC/C=C/CCCCCCCCCCCCCC(=O)OCC(C)(C)C. The summed E-state index contributed by atoms with van der Waals surface area (Å²) in [6, 6.07) is 0. The number of rotatable bonds is 20. The van der Waals surface area contributed by atoms with E-state index in [1.54, 1.807) is 0 Å². The van der Waals surface area contributed by atoms with E-state index in [4.69, 9.17) is 9.47 Å². The van der Waals surface area contributed by atoms with Gasteiger partial charge in [-0.05, 0) is 42.9 Å². The largest absolute Gasteiger partial charge is 0.465 e. The van der Waals surface area contributed by atoms with E-state index < -0.39 is 0 Å². The number of esters is 2. The maximum atomic E-state index is 11.7. The van der Waals surface area contributed by atoms with Crippen LogP contribution in [0, 0.1) is 10.8 Å². The molecule has 34 heavy (non-hydrogen) atoms. The Morgan fingerprint density at radius 3 is 1.24 bits per heavy atom. The van der Waals surface area contributed by atoms with Gasteiger partial charge in [0.05, 0.1) is 13.2 Å². The van der Waals surface area contributed by atoms with Crippen LogP contribution in [0.4, 0.5) is 0 Å². The Bertz CT molecular complexity index is 537. The Balaban J connectivity index is 3.31. The standard InChI is InChI=1S/C30H56O4/c1-29(2,3)25-33-27(31)23-21-19-17-15-13-11-9-7-8-10-12-14-16-18-20-22-24-28(32)34-26-30(4,5)6/h15,17H,7-14,16,18-26H2,1-6H3/b17-15+. The van der Waals surface area contributed by atoms with Crippen molar-refractivity contribution in [2.75, 3.05) is 13.2 Å². The van der Waals surface area contributed by atoms with Crippen LogP contribution in [0.15, 0.2) is 12.2 Å². The molecule has 4 nitrogen and oxygen atoms in total. The van der Waals surface area contributed by atoms with Gasteiger partial charge in [0.1, 0.15) is 0 Å². The lowest BCUT2D eigenvalue weighted by Crippen LogP contribution is -2.18. The third kappa shape index (κ3) is 26.9. The zero-order chi connectivity index (χ0) is 25.7. The van der Waals surface area contributed by atoms with E-state index >= 15 is 0 Å². The van der Waals surface area contributed by atoms with Gasteiger partial charge in [0, 0.05) is 12.8 Å². The summed E-state index contributed by atoms with van der Waals surface area (Å²) in [5.41, 5.74) is 0.0962. The van der Waals surface area contributed by atoms with E-state index in [2.05, 4.69) is 53.7 Å². The van der Waals surface area contributed by atoms with E-state index in [0.29, 0.717) is 26.1 Å². The van der Waals surface area contributed by atoms with Crippen LogP contribution in [-0.2, 0) is 19.1 Å². The number of carbonyl (C=O) groups is 2. The summed E-state index contributed by atoms with van der Waals surface area (Å²) in [5.74, 6) is -0.115. The van der Waals surface area contributed by atoms with E-state index in [9.17, 15) is 9.59 Å². The van der Waals surface area contributed by atoms with Gasteiger partial charge in [-0.1, -0.05) is 111 Å². The fraction of sp³-hybridized carbons (Fsp3) is 0.867. The van der Waals surface area contributed by atoms with Crippen LogP contribution in [0.25, 0.3) is 0 Å². The molecule has 0 spiro atoms. The lowest BCUT2D eigenvalue weighted by Gasteiger charge is -2.17. The smallest absolute Gasteiger partial charge is 0.305 e. The molecule has 0 fully saturated rings. The van der Waals surface area contributed by atoms with Crippen molar-refractivity contribution < 1.29 is 19.1 Å². The highest BCUT2D eigenvalue weighted by Crippen LogP contribution is 2.16. The highest BCUT2D eigenvalue weighted by Gasteiger charge is 2.14. The first-order chi connectivity index (χ1) is 16.0. The minimum absolute atomic E-state index is 0.0425. The van der Waals surface area contributed by atoms with Gasteiger partial charge in [0.25, 0.3) is 0 Å². The molecular weight excluding hydrogens is 424 g/mol. The van der Waals surface area contributed by atoms with Crippen LogP contribution in [0.5, 0.6) is 0 Å². The van der Waals surface area contributed by atoms with Crippen molar-refractivity contribution in [2.45, 2.75) is 144 Å². The van der Waals surface area contributed by atoms with Crippen LogP contribution in [0.1, 0.15) is 144 Å². The molecule has 0 amide bonds. The summed E-state index contributed by atoms with van der Waals surface area (Å²) in [6.45, 7) is 13.5. The number of allylic oxidation sites excluding steroid dienone is 2. The fourth-order valence-corrected chi connectivity index (χ4v) is 3.46. The summed E-state index contributed by atoms with van der Waals surface area (Å²) in [5, 5.41) is 0. The molecule has 0 aromatic rings. The summed E-state index contributed by atoms with van der Waals surface area (Å²) in [7, 11) is 0. The molecular formula is C30H56O4. The lowest BCUT2D eigenvalue weighted by atomic mass is 9.99. The number of hydrogen-bond acceptors (Lipinski definition) is 4. The van der Waals surface area contributed by atoms with E-state index in [1.165, 1.54) is 57.8 Å². The van der Waals surface area contributed by atoms with Gasteiger partial charge in [-0.3, -0.25) is 9.59 Å². The normalized spacial score (nSPS) is 12.3. The summed E-state index contributed by atoms with van der Waals surface area (Å²) >= 11 is 0. The van der Waals surface area contributed by atoms with Gasteiger partial charge in [-0.2, -0.15) is 0 Å². The molecule has 0 saturated carbocycles. The number of carbonyl (C=O) groups excluding carboxylic acids is 2. The van der Waals surface area contributed by atoms with E-state index in [0.717, 1.165) is 32.1 Å². The van der Waals surface area contributed by atoms with Crippen LogP contribution in [0.3, 0.4) is 0 Å². The number of ether oxygens (including phenoxy) is 2. The second-order valence-corrected chi connectivity index (χ2v) is 12.2. The Kier molecular flexibility index (Phi) is 19.2. The second kappa shape index (κ2) is 19.9. The lowest BCUT2D eigenvalue weighted by molar-refractivity contribution is -0.147. The van der Waals surface area contributed by atoms with Crippen LogP contribution < -0.4 is 0 Å². The molecule has 0 aliphatic carbocycles. The molecule has 0 rings (SSSR count). The van der Waals surface area contributed by atoms with Crippen molar-refractivity contribution in [3.8, 4) is 0 Å². The maximum absolute atomic E-state index is 11.7. The van der Waals surface area contributed by atoms with Gasteiger partial charge in [0.15, 0.2) is 0 Å². The zero-order valence-electron chi connectivity index (χ0n) is 23.5. The highest BCUT2D eigenvalue weighted by molar-refractivity contribution is 5.69.